The van der Waals surface area contributed by atoms with Gasteiger partial charge in [-0.1, -0.05) is 0 Å². The SMILES string of the molecule is CCn1cc(C(=O)C(=O)O)cn1. The van der Waals surface area contributed by atoms with Crippen LogP contribution in [0.15, 0.2) is 12.4 Å². The summed E-state index contributed by atoms with van der Waals surface area (Å²) < 4.78 is 1.50. The summed E-state index contributed by atoms with van der Waals surface area (Å²) in [7, 11) is 0. The Morgan fingerprint density at radius 3 is 2.75 bits per heavy atom. The number of aromatic nitrogens is 2. The van der Waals surface area contributed by atoms with E-state index in [0.29, 0.717) is 6.54 Å². The van der Waals surface area contributed by atoms with Crippen LogP contribution in [0.3, 0.4) is 0 Å². The van der Waals surface area contributed by atoms with Crippen LogP contribution in [0.1, 0.15) is 17.3 Å². The van der Waals surface area contributed by atoms with Crippen molar-refractivity contribution in [2.45, 2.75) is 13.5 Å². The van der Waals surface area contributed by atoms with Crippen molar-refractivity contribution in [1.82, 2.24) is 9.78 Å². The van der Waals surface area contributed by atoms with Crippen molar-refractivity contribution in [2.75, 3.05) is 0 Å². The Bertz CT molecular complexity index is 316. The van der Waals surface area contributed by atoms with Gasteiger partial charge in [-0.05, 0) is 6.92 Å². The fourth-order valence-electron chi connectivity index (χ4n) is 0.777. The van der Waals surface area contributed by atoms with Crippen LogP contribution in [0.4, 0.5) is 0 Å². The summed E-state index contributed by atoms with van der Waals surface area (Å²) in [6, 6.07) is 0. The van der Waals surface area contributed by atoms with Gasteiger partial charge in [0, 0.05) is 12.7 Å². The van der Waals surface area contributed by atoms with Crippen molar-refractivity contribution in [1.29, 1.82) is 0 Å². The number of carboxylic acids is 1. The zero-order valence-electron chi connectivity index (χ0n) is 6.52. The number of carboxylic acid groups (broad SMARTS) is 1. The number of Topliss-reactive ketones (excluding diaryl/α,β-unsaturated/α-hetero) is 1. The summed E-state index contributed by atoms with van der Waals surface area (Å²) in [5.74, 6) is -2.37. The normalized spacial score (nSPS) is 9.75. The van der Waals surface area contributed by atoms with Crippen LogP contribution in [0.25, 0.3) is 0 Å². The van der Waals surface area contributed by atoms with Crippen LogP contribution in [-0.4, -0.2) is 26.6 Å². The predicted molar refractivity (Wildman–Crippen MR) is 39.9 cm³/mol. The van der Waals surface area contributed by atoms with Crippen LogP contribution in [0.5, 0.6) is 0 Å². The molecular weight excluding hydrogens is 160 g/mol. The Morgan fingerprint density at radius 1 is 1.67 bits per heavy atom. The molecular formula is C7H8N2O3. The first kappa shape index (κ1) is 8.45. The fourth-order valence-corrected chi connectivity index (χ4v) is 0.777. The number of rotatable bonds is 3. The standard InChI is InChI=1S/C7H8N2O3/c1-2-9-4-5(3-8-9)6(10)7(11)12/h3-4H,2H2,1H3,(H,11,12). The minimum atomic E-state index is -1.45. The van der Waals surface area contributed by atoms with Gasteiger partial charge in [-0.25, -0.2) is 4.79 Å². The van der Waals surface area contributed by atoms with Crippen LogP contribution >= 0.6 is 0 Å². The summed E-state index contributed by atoms with van der Waals surface area (Å²) in [5, 5.41) is 12.1. The molecule has 12 heavy (non-hydrogen) atoms. The van der Waals surface area contributed by atoms with Crippen molar-refractivity contribution in [3.05, 3.63) is 18.0 Å². The number of hydrogen-bond donors (Lipinski definition) is 1. The van der Waals surface area contributed by atoms with Crippen molar-refractivity contribution in [3.63, 3.8) is 0 Å². The van der Waals surface area contributed by atoms with E-state index in [1.54, 1.807) is 0 Å². The number of nitrogens with zero attached hydrogens (tertiary/aromatic N) is 2. The van der Waals surface area contributed by atoms with Gasteiger partial charge in [0.25, 0.3) is 5.78 Å². The Kier molecular flexibility index (Phi) is 2.23. The van der Waals surface area contributed by atoms with Gasteiger partial charge in [-0.3, -0.25) is 9.48 Å². The monoisotopic (exact) mass is 168 g/mol. The van der Waals surface area contributed by atoms with Crippen LogP contribution < -0.4 is 0 Å². The molecule has 1 aromatic rings. The highest BCUT2D eigenvalue weighted by Gasteiger charge is 2.15. The second kappa shape index (κ2) is 3.17. The van der Waals surface area contributed by atoms with Crippen LogP contribution in [-0.2, 0) is 11.3 Å². The first-order valence-electron chi connectivity index (χ1n) is 3.45. The second-order valence-corrected chi connectivity index (χ2v) is 2.22. The molecule has 0 atom stereocenters. The molecule has 1 N–H and O–H groups in total. The topological polar surface area (TPSA) is 72.2 Å². The highest BCUT2D eigenvalue weighted by atomic mass is 16.4. The van der Waals surface area contributed by atoms with Gasteiger partial charge in [0.05, 0.1) is 11.8 Å². The van der Waals surface area contributed by atoms with Crippen LogP contribution in [0, 0.1) is 0 Å². The van der Waals surface area contributed by atoms with Crippen molar-refractivity contribution in [2.24, 2.45) is 0 Å². The molecule has 5 nitrogen and oxygen atoms in total. The minimum absolute atomic E-state index is 0.115. The summed E-state index contributed by atoms with van der Waals surface area (Å²) in [4.78, 5) is 21.0. The van der Waals surface area contributed by atoms with E-state index in [2.05, 4.69) is 5.10 Å². The molecule has 0 aliphatic heterocycles. The Labute approximate surface area is 68.6 Å². The van der Waals surface area contributed by atoms with Gasteiger partial charge in [0.15, 0.2) is 0 Å². The van der Waals surface area contributed by atoms with E-state index < -0.39 is 11.8 Å². The quantitative estimate of drug-likeness (QED) is 0.515. The lowest BCUT2D eigenvalue weighted by atomic mass is 10.2. The largest absolute Gasteiger partial charge is 0.475 e. The number of carbonyl (C=O) groups is 2. The predicted octanol–water partition coefficient (Wildman–Crippen LogP) is 0.170. The molecule has 0 unspecified atom stereocenters. The lowest BCUT2D eigenvalue weighted by Crippen LogP contribution is -2.11. The summed E-state index contributed by atoms with van der Waals surface area (Å²) in [6.07, 6.45) is 2.66. The Hall–Kier alpha value is -1.65. The number of aryl methyl sites for hydroxylation is 1. The average molecular weight is 168 g/mol. The molecule has 0 spiro atoms. The molecule has 0 radical (unpaired) electrons. The molecule has 64 valence electrons. The van der Waals surface area contributed by atoms with E-state index in [9.17, 15) is 9.59 Å². The van der Waals surface area contributed by atoms with Crippen molar-refractivity contribution >= 4 is 11.8 Å². The number of hydrogen-bond acceptors (Lipinski definition) is 3. The average Bonchev–Trinajstić information content (AvgIpc) is 2.50. The zero-order chi connectivity index (χ0) is 9.14. The lowest BCUT2D eigenvalue weighted by molar-refractivity contribution is -0.131. The summed E-state index contributed by atoms with van der Waals surface area (Å²) in [5.41, 5.74) is 0.115. The van der Waals surface area contributed by atoms with Gasteiger partial charge < -0.3 is 5.11 Å². The first-order chi connectivity index (χ1) is 5.65. The summed E-state index contributed by atoms with van der Waals surface area (Å²) in [6.45, 7) is 2.47. The summed E-state index contributed by atoms with van der Waals surface area (Å²) >= 11 is 0. The van der Waals surface area contributed by atoms with E-state index in [1.807, 2.05) is 6.92 Å². The number of carbonyl (C=O) groups excluding carboxylic acids is 1. The molecule has 0 aliphatic rings. The molecule has 1 heterocycles. The fraction of sp³-hybridized carbons (Fsp3) is 0.286. The number of aliphatic carboxylic acids is 1. The minimum Gasteiger partial charge on any atom is -0.475 e. The highest BCUT2D eigenvalue weighted by Crippen LogP contribution is 1.98. The molecule has 1 aromatic heterocycles. The van der Waals surface area contributed by atoms with Gasteiger partial charge in [0.2, 0.25) is 0 Å². The van der Waals surface area contributed by atoms with E-state index in [0.717, 1.165) is 0 Å². The smallest absolute Gasteiger partial charge is 0.377 e. The lowest BCUT2D eigenvalue weighted by Gasteiger charge is -1.90. The maximum atomic E-state index is 10.8. The molecule has 0 aliphatic carbocycles. The Balaban J connectivity index is 2.89. The molecule has 1 rings (SSSR count). The molecule has 5 heteroatoms. The molecule has 0 bridgehead atoms. The Morgan fingerprint density at radius 2 is 2.33 bits per heavy atom. The number of ketones is 1. The first-order valence-corrected chi connectivity index (χ1v) is 3.45. The third-order valence-electron chi connectivity index (χ3n) is 1.41. The second-order valence-electron chi connectivity index (χ2n) is 2.22. The van der Waals surface area contributed by atoms with Gasteiger partial charge in [0.1, 0.15) is 0 Å². The van der Waals surface area contributed by atoms with Crippen LogP contribution in [0.2, 0.25) is 0 Å². The van der Waals surface area contributed by atoms with Gasteiger partial charge >= 0.3 is 5.97 Å². The molecule has 0 saturated carbocycles. The molecule has 0 fully saturated rings. The molecule has 0 aromatic carbocycles. The zero-order valence-corrected chi connectivity index (χ0v) is 6.52. The van der Waals surface area contributed by atoms with E-state index in [4.69, 9.17) is 5.11 Å². The molecule has 0 amide bonds. The van der Waals surface area contributed by atoms with Gasteiger partial charge in [-0.2, -0.15) is 5.10 Å². The molecule has 0 saturated heterocycles. The van der Waals surface area contributed by atoms with E-state index >= 15 is 0 Å². The van der Waals surface area contributed by atoms with Gasteiger partial charge in [-0.15, -0.1) is 0 Å². The third kappa shape index (κ3) is 1.50. The van der Waals surface area contributed by atoms with Crippen molar-refractivity contribution in [3.8, 4) is 0 Å². The highest BCUT2D eigenvalue weighted by molar-refractivity contribution is 6.39. The maximum absolute atomic E-state index is 10.8. The third-order valence-corrected chi connectivity index (χ3v) is 1.41. The maximum Gasteiger partial charge on any atom is 0.377 e. The van der Waals surface area contributed by atoms with E-state index in [-0.39, 0.29) is 5.56 Å². The van der Waals surface area contributed by atoms with Crippen molar-refractivity contribution < 1.29 is 14.7 Å². The van der Waals surface area contributed by atoms with E-state index in [1.165, 1.54) is 17.1 Å².